The number of pyridine rings is 1. The van der Waals surface area contributed by atoms with Crippen LogP contribution in [-0.4, -0.2) is 4.98 Å². The minimum atomic E-state index is 0.882. The van der Waals surface area contributed by atoms with Gasteiger partial charge in [0, 0.05) is 21.6 Å². The van der Waals surface area contributed by atoms with E-state index in [0.29, 0.717) is 0 Å². The van der Waals surface area contributed by atoms with Crippen molar-refractivity contribution < 1.29 is 0 Å². The van der Waals surface area contributed by atoms with E-state index in [0.717, 1.165) is 21.0 Å². The molecule has 0 spiro atoms. The van der Waals surface area contributed by atoms with Crippen LogP contribution in [0.4, 0.5) is 0 Å². The Balaban J connectivity index is 1.98. The molecule has 0 bridgehead atoms. The van der Waals surface area contributed by atoms with Crippen molar-refractivity contribution in [3.05, 3.63) is 76.4 Å². The Hall–Kier alpha value is -2.19. The van der Waals surface area contributed by atoms with E-state index in [9.17, 15) is 0 Å². The van der Waals surface area contributed by atoms with E-state index in [1.54, 1.807) is 0 Å². The largest absolute Gasteiger partial charge is 0.361 e. The van der Waals surface area contributed by atoms with Crippen molar-refractivity contribution in [1.29, 1.82) is 0 Å². The summed E-state index contributed by atoms with van der Waals surface area (Å²) in [6.45, 7) is 0. The van der Waals surface area contributed by atoms with Crippen LogP contribution in [0.1, 0.15) is 11.1 Å². The van der Waals surface area contributed by atoms with Crippen molar-refractivity contribution >= 4 is 35.3 Å². The molecule has 0 aliphatic carbocycles. The highest BCUT2D eigenvalue weighted by molar-refractivity contribution is 7.71. The van der Waals surface area contributed by atoms with Crippen molar-refractivity contribution in [1.82, 2.24) is 4.98 Å². The minimum absolute atomic E-state index is 0.882. The van der Waals surface area contributed by atoms with E-state index in [1.807, 2.05) is 30.5 Å². The fourth-order valence-corrected chi connectivity index (χ4v) is 2.30. The lowest BCUT2D eigenvalue weighted by molar-refractivity contribution is 1.40. The number of aromatic nitrogens is 1. The number of fused-ring (bicyclic) bond motifs is 1. The monoisotopic (exact) mass is 263 g/mol. The van der Waals surface area contributed by atoms with E-state index >= 15 is 0 Å². The summed E-state index contributed by atoms with van der Waals surface area (Å²) < 4.78 is 0.882. The molecular formula is C17H13NS. The van der Waals surface area contributed by atoms with E-state index in [2.05, 4.69) is 47.5 Å². The third-order valence-corrected chi connectivity index (χ3v) is 3.41. The standard InChI is InChI=1S/C17H13NS/c19-17-10-11-18-16-12-14(8-9-15(16)17)7-6-13-4-2-1-3-5-13/h1-12H,(H,18,19). The number of benzene rings is 2. The third kappa shape index (κ3) is 2.64. The second kappa shape index (κ2) is 5.21. The summed E-state index contributed by atoms with van der Waals surface area (Å²) >= 11 is 5.30. The zero-order chi connectivity index (χ0) is 13.1. The van der Waals surface area contributed by atoms with Crippen LogP contribution in [0.15, 0.2) is 60.8 Å². The zero-order valence-electron chi connectivity index (χ0n) is 10.3. The van der Waals surface area contributed by atoms with Crippen LogP contribution in [0.2, 0.25) is 0 Å². The van der Waals surface area contributed by atoms with Gasteiger partial charge in [0.05, 0.1) is 0 Å². The van der Waals surface area contributed by atoms with E-state index in [1.165, 1.54) is 5.56 Å². The predicted octanol–water partition coefficient (Wildman–Crippen LogP) is 5.07. The van der Waals surface area contributed by atoms with Gasteiger partial charge in [0.2, 0.25) is 0 Å². The van der Waals surface area contributed by atoms with Crippen molar-refractivity contribution in [2.45, 2.75) is 0 Å². The highest BCUT2D eigenvalue weighted by Crippen LogP contribution is 2.17. The molecule has 0 amide bonds. The molecule has 1 N–H and O–H groups in total. The molecule has 19 heavy (non-hydrogen) atoms. The van der Waals surface area contributed by atoms with Gasteiger partial charge >= 0.3 is 0 Å². The van der Waals surface area contributed by atoms with E-state index in [4.69, 9.17) is 12.2 Å². The molecule has 0 atom stereocenters. The lowest BCUT2D eigenvalue weighted by atomic mass is 10.1. The first-order valence-corrected chi connectivity index (χ1v) is 6.58. The highest BCUT2D eigenvalue weighted by Gasteiger charge is 1.95. The molecule has 1 nitrogen and oxygen atoms in total. The summed E-state index contributed by atoms with van der Waals surface area (Å²) in [6, 6.07) is 18.5. The smallest absolute Gasteiger partial charge is 0.0484 e. The average molecular weight is 263 g/mol. The lowest BCUT2D eigenvalue weighted by Gasteiger charge is -2.00. The Morgan fingerprint density at radius 3 is 2.47 bits per heavy atom. The molecule has 2 aromatic carbocycles. The second-order valence-electron chi connectivity index (χ2n) is 4.39. The van der Waals surface area contributed by atoms with Gasteiger partial charge in [-0.3, -0.25) is 0 Å². The van der Waals surface area contributed by atoms with Crippen molar-refractivity contribution in [2.24, 2.45) is 0 Å². The Bertz CT molecular complexity index is 785. The fourth-order valence-electron chi connectivity index (χ4n) is 2.05. The summed E-state index contributed by atoms with van der Waals surface area (Å²) in [4.78, 5) is 3.23. The fraction of sp³-hybridized carbons (Fsp3) is 0. The Labute approximate surface area is 117 Å². The predicted molar refractivity (Wildman–Crippen MR) is 84.5 cm³/mol. The maximum Gasteiger partial charge on any atom is 0.0484 e. The van der Waals surface area contributed by atoms with Gasteiger partial charge in [-0.1, -0.05) is 66.8 Å². The molecule has 0 saturated heterocycles. The Morgan fingerprint density at radius 2 is 1.63 bits per heavy atom. The van der Waals surface area contributed by atoms with E-state index in [-0.39, 0.29) is 0 Å². The molecule has 0 fully saturated rings. The minimum Gasteiger partial charge on any atom is -0.361 e. The second-order valence-corrected chi connectivity index (χ2v) is 4.83. The van der Waals surface area contributed by atoms with Crippen LogP contribution in [0.3, 0.4) is 0 Å². The van der Waals surface area contributed by atoms with Crippen LogP contribution in [0, 0.1) is 4.51 Å². The van der Waals surface area contributed by atoms with Gasteiger partial charge in [-0.05, 0) is 23.3 Å². The molecule has 1 heterocycles. The molecule has 0 aliphatic heterocycles. The quantitative estimate of drug-likeness (QED) is 0.504. The molecule has 0 aliphatic rings. The summed E-state index contributed by atoms with van der Waals surface area (Å²) in [5, 5.41) is 1.09. The molecule has 0 radical (unpaired) electrons. The highest BCUT2D eigenvalue weighted by atomic mass is 32.1. The molecule has 1 aromatic heterocycles. The first-order valence-electron chi connectivity index (χ1n) is 6.17. The van der Waals surface area contributed by atoms with Gasteiger partial charge in [0.15, 0.2) is 0 Å². The van der Waals surface area contributed by atoms with Gasteiger partial charge in [0.1, 0.15) is 0 Å². The summed E-state index contributed by atoms with van der Waals surface area (Å²) in [5.74, 6) is 0. The molecular weight excluding hydrogens is 250 g/mol. The van der Waals surface area contributed by atoms with Gasteiger partial charge in [-0.15, -0.1) is 0 Å². The van der Waals surface area contributed by atoms with Crippen molar-refractivity contribution in [3.8, 4) is 0 Å². The van der Waals surface area contributed by atoms with Crippen LogP contribution in [0.25, 0.3) is 23.1 Å². The number of hydrogen-bond acceptors (Lipinski definition) is 1. The normalized spacial score (nSPS) is 11.2. The van der Waals surface area contributed by atoms with Gasteiger partial charge < -0.3 is 4.98 Å². The van der Waals surface area contributed by atoms with Crippen LogP contribution >= 0.6 is 12.2 Å². The summed E-state index contributed by atoms with van der Waals surface area (Å²) in [6.07, 6.45) is 6.10. The van der Waals surface area contributed by atoms with Crippen LogP contribution in [0.5, 0.6) is 0 Å². The van der Waals surface area contributed by atoms with E-state index < -0.39 is 0 Å². The molecule has 92 valence electrons. The SMILES string of the molecule is S=c1cc[nH]c2cc(C=Cc3ccccc3)ccc12. The molecule has 0 unspecified atom stereocenters. The lowest BCUT2D eigenvalue weighted by Crippen LogP contribution is -1.80. The molecule has 2 heteroatoms. The van der Waals surface area contributed by atoms with Crippen LogP contribution in [-0.2, 0) is 0 Å². The first kappa shape index (κ1) is 11.9. The summed E-state index contributed by atoms with van der Waals surface area (Å²) in [5.41, 5.74) is 3.43. The molecule has 0 saturated carbocycles. The van der Waals surface area contributed by atoms with Crippen molar-refractivity contribution in [2.75, 3.05) is 0 Å². The summed E-state index contributed by atoms with van der Waals surface area (Å²) in [7, 11) is 0. The maximum atomic E-state index is 5.30. The first-order chi connectivity index (χ1) is 9.33. The molecule has 3 aromatic rings. The zero-order valence-corrected chi connectivity index (χ0v) is 11.2. The average Bonchev–Trinajstić information content (AvgIpc) is 2.46. The van der Waals surface area contributed by atoms with Gasteiger partial charge in [-0.25, -0.2) is 0 Å². The maximum absolute atomic E-state index is 5.30. The Kier molecular flexibility index (Phi) is 3.25. The topological polar surface area (TPSA) is 15.8 Å². The molecule has 3 rings (SSSR count). The number of H-pyrrole nitrogens is 1. The van der Waals surface area contributed by atoms with Gasteiger partial charge in [-0.2, -0.15) is 0 Å². The number of rotatable bonds is 2. The van der Waals surface area contributed by atoms with Crippen LogP contribution < -0.4 is 0 Å². The number of aromatic amines is 1. The van der Waals surface area contributed by atoms with Crippen molar-refractivity contribution in [3.63, 3.8) is 0 Å². The van der Waals surface area contributed by atoms with Gasteiger partial charge in [0.25, 0.3) is 0 Å². The Morgan fingerprint density at radius 1 is 0.842 bits per heavy atom. The number of nitrogens with one attached hydrogen (secondary N) is 1. The third-order valence-electron chi connectivity index (χ3n) is 3.05. The number of hydrogen-bond donors (Lipinski definition) is 1.